The van der Waals surface area contributed by atoms with Gasteiger partial charge in [-0.3, -0.25) is 0 Å². The number of nitrogens with two attached hydrogens (primary N) is 1. The maximum atomic E-state index is 5.74. The number of rotatable bonds is 7. The Kier molecular flexibility index (Phi) is 7.45. The molecule has 74 valence electrons. The van der Waals surface area contributed by atoms with Crippen LogP contribution in [0.2, 0.25) is 0 Å². The van der Waals surface area contributed by atoms with Gasteiger partial charge in [0.2, 0.25) is 0 Å². The van der Waals surface area contributed by atoms with E-state index in [9.17, 15) is 0 Å². The summed E-state index contributed by atoms with van der Waals surface area (Å²) in [6.45, 7) is 5.29. The predicted molar refractivity (Wildman–Crippen MR) is 54.3 cm³/mol. The van der Waals surface area contributed by atoms with Gasteiger partial charge in [-0.2, -0.15) is 0 Å². The molecule has 0 aliphatic rings. The molecule has 3 heteroatoms. The van der Waals surface area contributed by atoms with Crippen molar-refractivity contribution in [2.24, 2.45) is 5.73 Å². The summed E-state index contributed by atoms with van der Waals surface area (Å²) < 4.78 is 0. The van der Waals surface area contributed by atoms with Gasteiger partial charge in [0, 0.05) is 12.6 Å². The monoisotopic (exact) mass is 173 g/mol. The first-order valence-corrected chi connectivity index (χ1v) is 4.77. The van der Waals surface area contributed by atoms with E-state index in [0.29, 0.717) is 6.04 Å². The zero-order chi connectivity index (χ0) is 9.40. The summed E-state index contributed by atoms with van der Waals surface area (Å²) in [6.07, 6.45) is 2.25. The summed E-state index contributed by atoms with van der Waals surface area (Å²) in [7, 11) is 4.19. The Balaban J connectivity index is 3.00. The Morgan fingerprint density at radius 2 is 2.08 bits per heavy atom. The molecule has 0 rings (SSSR count). The summed E-state index contributed by atoms with van der Waals surface area (Å²) in [4.78, 5) is 2.20. The van der Waals surface area contributed by atoms with Crippen molar-refractivity contribution in [3.8, 4) is 0 Å². The summed E-state index contributed by atoms with van der Waals surface area (Å²) in [5.41, 5.74) is 5.74. The standard InChI is InChI=1S/C9H23N3/c1-4-9(10)8-11-6-5-7-12(2)3/h9,11H,4-8,10H2,1-3H3. The molecule has 12 heavy (non-hydrogen) atoms. The molecule has 3 nitrogen and oxygen atoms in total. The lowest BCUT2D eigenvalue weighted by Crippen LogP contribution is -2.34. The Morgan fingerprint density at radius 1 is 1.42 bits per heavy atom. The summed E-state index contributed by atoms with van der Waals surface area (Å²) in [5, 5.41) is 3.34. The van der Waals surface area contributed by atoms with Crippen molar-refractivity contribution in [1.29, 1.82) is 0 Å². The predicted octanol–water partition coefficient (Wildman–Crippen LogP) is 0.265. The van der Waals surface area contributed by atoms with E-state index >= 15 is 0 Å². The molecule has 0 amide bonds. The minimum Gasteiger partial charge on any atom is -0.327 e. The van der Waals surface area contributed by atoms with E-state index in [1.165, 1.54) is 6.42 Å². The molecule has 0 saturated carbocycles. The molecule has 0 aromatic carbocycles. The molecule has 0 aromatic heterocycles. The Labute approximate surface area is 76.3 Å². The van der Waals surface area contributed by atoms with Crippen LogP contribution in [0.1, 0.15) is 19.8 Å². The molecule has 0 radical (unpaired) electrons. The maximum absolute atomic E-state index is 5.74. The lowest BCUT2D eigenvalue weighted by Gasteiger charge is -2.12. The molecular weight excluding hydrogens is 150 g/mol. The molecule has 0 aliphatic carbocycles. The average Bonchev–Trinajstić information content (AvgIpc) is 2.03. The third kappa shape index (κ3) is 7.98. The van der Waals surface area contributed by atoms with Gasteiger partial charge in [-0.05, 0) is 40.0 Å². The van der Waals surface area contributed by atoms with Crippen LogP contribution in [0.15, 0.2) is 0 Å². The van der Waals surface area contributed by atoms with Gasteiger partial charge < -0.3 is 16.0 Å². The summed E-state index contributed by atoms with van der Waals surface area (Å²) in [6, 6.07) is 0.323. The molecule has 0 saturated heterocycles. The van der Waals surface area contributed by atoms with Crippen LogP contribution in [0.4, 0.5) is 0 Å². The van der Waals surface area contributed by atoms with Crippen molar-refractivity contribution in [2.45, 2.75) is 25.8 Å². The summed E-state index contributed by atoms with van der Waals surface area (Å²) in [5.74, 6) is 0. The fourth-order valence-corrected chi connectivity index (χ4v) is 0.952. The highest BCUT2D eigenvalue weighted by atomic mass is 15.1. The van der Waals surface area contributed by atoms with Gasteiger partial charge in [0.25, 0.3) is 0 Å². The van der Waals surface area contributed by atoms with Crippen LogP contribution in [0.5, 0.6) is 0 Å². The highest BCUT2D eigenvalue weighted by molar-refractivity contribution is 4.61. The first-order chi connectivity index (χ1) is 5.66. The number of nitrogens with zero attached hydrogens (tertiary/aromatic N) is 1. The largest absolute Gasteiger partial charge is 0.327 e. The highest BCUT2D eigenvalue weighted by Crippen LogP contribution is 1.84. The van der Waals surface area contributed by atoms with Gasteiger partial charge >= 0.3 is 0 Å². The average molecular weight is 173 g/mol. The second kappa shape index (κ2) is 7.53. The lowest BCUT2D eigenvalue weighted by atomic mass is 10.2. The first-order valence-electron chi connectivity index (χ1n) is 4.77. The highest BCUT2D eigenvalue weighted by Gasteiger charge is 1.96. The Bertz CT molecular complexity index is 93.8. The van der Waals surface area contributed by atoms with E-state index in [0.717, 1.165) is 26.1 Å². The SMILES string of the molecule is CCC(N)CNCCCN(C)C. The van der Waals surface area contributed by atoms with Gasteiger partial charge in [0.1, 0.15) is 0 Å². The molecule has 0 fully saturated rings. The smallest absolute Gasteiger partial charge is 0.0162 e. The van der Waals surface area contributed by atoms with Crippen molar-refractivity contribution in [2.75, 3.05) is 33.7 Å². The van der Waals surface area contributed by atoms with Crippen LogP contribution in [0.25, 0.3) is 0 Å². The van der Waals surface area contributed by atoms with Crippen LogP contribution >= 0.6 is 0 Å². The van der Waals surface area contributed by atoms with Gasteiger partial charge in [-0.15, -0.1) is 0 Å². The minimum absolute atomic E-state index is 0.323. The van der Waals surface area contributed by atoms with E-state index in [1.807, 2.05) is 0 Å². The molecule has 0 aromatic rings. The third-order valence-electron chi connectivity index (χ3n) is 1.89. The van der Waals surface area contributed by atoms with E-state index in [-0.39, 0.29) is 0 Å². The van der Waals surface area contributed by atoms with Crippen LogP contribution in [-0.2, 0) is 0 Å². The fourth-order valence-electron chi connectivity index (χ4n) is 0.952. The molecule has 3 N–H and O–H groups in total. The van der Waals surface area contributed by atoms with Crippen molar-refractivity contribution in [1.82, 2.24) is 10.2 Å². The fraction of sp³-hybridized carbons (Fsp3) is 1.00. The second-order valence-electron chi connectivity index (χ2n) is 3.53. The van der Waals surface area contributed by atoms with Crippen LogP contribution in [-0.4, -0.2) is 44.7 Å². The Morgan fingerprint density at radius 3 is 2.58 bits per heavy atom. The zero-order valence-corrected chi connectivity index (χ0v) is 8.64. The lowest BCUT2D eigenvalue weighted by molar-refractivity contribution is 0.392. The maximum Gasteiger partial charge on any atom is 0.0162 e. The second-order valence-corrected chi connectivity index (χ2v) is 3.53. The molecule has 0 spiro atoms. The quantitative estimate of drug-likeness (QED) is 0.543. The molecule has 0 bridgehead atoms. The molecule has 1 atom stereocenters. The van der Waals surface area contributed by atoms with Crippen LogP contribution < -0.4 is 11.1 Å². The van der Waals surface area contributed by atoms with E-state index in [1.54, 1.807) is 0 Å². The van der Waals surface area contributed by atoms with Gasteiger partial charge in [0.15, 0.2) is 0 Å². The number of nitrogens with one attached hydrogen (secondary N) is 1. The van der Waals surface area contributed by atoms with E-state index in [4.69, 9.17) is 5.73 Å². The van der Waals surface area contributed by atoms with Crippen molar-refractivity contribution in [3.05, 3.63) is 0 Å². The topological polar surface area (TPSA) is 41.3 Å². The number of hydrogen-bond acceptors (Lipinski definition) is 3. The molecular formula is C9H23N3. The first kappa shape index (κ1) is 11.9. The van der Waals surface area contributed by atoms with Gasteiger partial charge in [0.05, 0.1) is 0 Å². The van der Waals surface area contributed by atoms with Gasteiger partial charge in [-0.25, -0.2) is 0 Å². The molecule has 0 aliphatic heterocycles. The van der Waals surface area contributed by atoms with E-state index in [2.05, 4.69) is 31.2 Å². The minimum atomic E-state index is 0.323. The Hall–Kier alpha value is -0.120. The normalized spacial score (nSPS) is 13.8. The van der Waals surface area contributed by atoms with Crippen molar-refractivity contribution >= 4 is 0 Å². The third-order valence-corrected chi connectivity index (χ3v) is 1.89. The van der Waals surface area contributed by atoms with Crippen LogP contribution in [0, 0.1) is 0 Å². The molecule has 1 unspecified atom stereocenters. The number of hydrogen-bond donors (Lipinski definition) is 2. The van der Waals surface area contributed by atoms with Gasteiger partial charge in [-0.1, -0.05) is 6.92 Å². The van der Waals surface area contributed by atoms with Crippen LogP contribution in [0.3, 0.4) is 0 Å². The van der Waals surface area contributed by atoms with Crippen molar-refractivity contribution in [3.63, 3.8) is 0 Å². The summed E-state index contributed by atoms with van der Waals surface area (Å²) >= 11 is 0. The zero-order valence-electron chi connectivity index (χ0n) is 8.64. The van der Waals surface area contributed by atoms with E-state index < -0.39 is 0 Å². The molecule has 0 heterocycles. The van der Waals surface area contributed by atoms with Crippen molar-refractivity contribution < 1.29 is 0 Å².